The second-order valence-corrected chi connectivity index (χ2v) is 10.7. The van der Waals surface area contributed by atoms with Crippen molar-refractivity contribution in [2.75, 3.05) is 13.1 Å². The summed E-state index contributed by atoms with van der Waals surface area (Å²) in [6.07, 6.45) is 1.70. The molecule has 31 heavy (non-hydrogen) atoms. The molecule has 1 fully saturated rings. The molecule has 0 radical (unpaired) electrons. The van der Waals surface area contributed by atoms with Gasteiger partial charge in [-0.05, 0) is 68.1 Å². The van der Waals surface area contributed by atoms with Crippen molar-refractivity contribution in [3.8, 4) is 0 Å². The van der Waals surface area contributed by atoms with Crippen molar-refractivity contribution in [3.05, 3.63) is 58.6 Å². The Morgan fingerprint density at radius 2 is 1.84 bits per heavy atom. The Kier molecular flexibility index (Phi) is 6.09. The third-order valence-corrected chi connectivity index (χ3v) is 8.59. The van der Waals surface area contributed by atoms with Crippen LogP contribution in [-0.2, 0) is 16.6 Å². The van der Waals surface area contributed by atoms with Crippen molar-refractivity contribution >= 4 is 37.5 Å². The van der Waals surface area contributed by atoms with Gasteiger partial charge in [-0.2, -0.15) is 9.30 Å². The quantitative estimate of drug-likeness (QED) is 0.589. The number of piperidine rings is 1. The standard InChI is InChI=1S/C22H24FN3O3S2/c1-3-26-19-9-6-17(23)14-20(19)30-22(26)24-21(27)16-4-7-18(8-5-16)31(28,29)25-12-10-15(2)11-13-25/h4-9,14-15H,3,10-13H2,1-2H3. The Morgan fingerprint density at radius 1 is 1.16 bits per heavy atom. The monoisotopic (exact) mass is 461 g/mol. The first-order valence-electron chi connectivity index (χ1n) is 10.3. The van der Waals surface area contributed by atoms with Crippen molar-refractivity contribution in [1.29, 1.82) is 0 Å². The Labute approximate surface area is 184 Å². The van der Waals surface area contributed by atoms with Crippen LogP contribution in [0.25, 0.3) is 10.2 Å². The van der Waals surface area contributed by atoms with Gasteiger partial charge in [-0.15, -0.1) is 0 Å². The Bertz CT molecular complexity index is 1290. The summed E-state index contributed by atoms with van der Waals surface area (Å²) >= 11 is 1.24. The largest absolute Gasteiger partial charge is 0.317 e. The molecule has 1 amide bonds. The van der Waals surface area contributed by atoms with Gasteiger partial charge in [0.25, 0.3) is 5.91 Å². The van der Waals surface area contributed by atoms with E-state index in [-0.39, 0.29) is 10.7 Å². The molecule has 0 bridgehead atoms. The van der Waals surface area contributed by atoms with Gasteiger partial charge in [-0.3, -0.25) is 4.79 Å². The molecule has 0 N–H and O–H groups in total. The zero-order valence-electron chi connectivity index (χ0n) is 17.4. The highest BCUT2D eigenvalue weighted by Gasteiger charge is 2.28. The molecule has 2 aromatic carbocycles. The van der Waals surface area contributed by atoms with Crippen molar-refractivity contribution in [2.45, 2.75) is 38.1 Å². The third kappa shape index (κ3) is 4.35. The van der Waals surface area contributed by atoms with E-state index in [1.54, 1.807) is 6.07 Å². The fraction of sp³-hybridized carbons (Fsp3) is 0.364. The topological polar surface area (TPSA) is 71.7 Å². The van der Waals surface area contributed by atoms with Gasteiger partial charge in [0.05, 0.1) is 15.1 Å². The number of hydrogen-bond donors (Lipinski definition) is 0. The SMILES string of the molecule is CCn1c(=NC(=O)c2ccc(S(=O)(=O)N3CCC(C)CC3)cc2)sc2cc(F)ccc21. The first kappa shape index (κ1) is 21.9. The molecule has 0 spiro atoms. The van der Waals surface area contributed by atoms with E-state index < -0.39 is 15.9 Å². The van der Waals surface area contributed by atoms with Crippen LogP contribution in [-0.4, -0.2) is 36.3 Å². The lowest BCUT2D eigenvalue weighted by atomic mass is 10.0. The minimum atomic E-state index is -3.57. The number of amides is 1. The van der Waals surface area contributed by atoms with Crippen LogP contribution < -0.4 is 4.80 Å². The van der Waals surface area contributed by atoms with Crippen LogP contribution in [0.1, 0.15) is 37.0 Å². The van der Waals surface area contributed by atoms with Crippen LogP contribution in [0.4, 0.5) is 4.39 Å². The maximum Gasteiger partial charge on any atom is 0.279 e. The third-order valence-electron chi connectivity index (χ3n) is 5.64. The number of aryl methyl sites for hydroxylation is 1. The normalized spacial score (nSPS) is 16.8. The van der Waals surface area contributed by atoms with Gasteiger partial charge in [0.1, 0.15) is 5.82 Å². The maximum atomic E-state index is 13.5. The van der Waals surface area contributed by atoms with E-state index in [9.17, 15) is 17.6 Å². The number of hydrogen-bond acceptors (Lipinski definition) is 4. The van der Waals surface area contributed by atoms with Crippen LogP contribution in [0, 0.1) is 11.7 Å². The van der Waals surface area contributed by atoms with Gasteiger partial charge in [0.15, 0.2) is 4.80 Å². The van der Waals surface area contributed by atoms with E-state index in [1.165, 1.54) is 52.0 Å². The van der Waals surface area contributed by atoms with Gasteiger partial charge in [0.2, 0.25) is 10.0 Å². The lowest BCUT2D eigenvalue weighted by Crippen LogP contribution is -2.37. The van der Waals surface area contributed by atoms with Crippen molar-refractivity contribution < 1.29 is 17.6 Å². The molecule has 1 saturated heterocycles. The molecular weight excluding hydrogens is 437 g/mol. The predicted octanol–water partition coefficient (Wildman–Crippen LogP) is 4.02. The summed E-state index contributed by atoms with van der Waals surface area (Å²) in [7, 11) is -3.57. The average molecular weight is 462 g/mol. The highest BCUT2D eigenvalue weighted by molar-refractivity contribution is 7.89. The van der Waals surface area contributed by atoms with Crippen LogP contribution >= 0.6 is 11.3 Å². The molecule has 0 saturated carbocycles. The molecule has 0 unspecified atom stereocenters. The summed E-state index contributed by atoms with van der Waals surface area (Å²) < 4.78 is 43.3. The van der Waals surface area contributed by atoms with E-state index >= 15 is 0 Å². The van der Waals surface area contributed by atoms with Gasteiger partial charge in [0, 0.05) is 25.2 Å². The molecule has 164 valence electrons. The fourth-order valence-corrected chi connectivity index (χ4v) is 6.32. The molecule has 0 aliphatic carbocycles. The zero-order valence-corrected chi connectivity index (χ0v) is 19.0. The Balaban J connectivity index is 1.61. The second-order valence-electron chi connectivity index (χ2n) is 7.77. The molecule has 4 rings (SSSR count). The highest BCUT2D eigenvalue weighted by atomic mass is 32.2. The summed E-state index contributed by atoms with van der Waals surface area (Å²) in [5.74, 6) is -0.274. The molecule has 1 aliphatic heterocycles. The van der Waals surface area contributed by atoms with Crippen LogP contribution in [0.3, 0.4) is 0 Å². The lowest BCUT2D eigenvalue weighted by molar-refractivity contribution is 0.0997. The molecule has 3 aromatic rings. The molecule has 6 nitrogen and oxygen atoms in total. The number of sulfonamides is 1. The van der Waals surface area contributed by atoms with Crippen LogP contribution in [0.2, 0.25) is 0 Å². The van der Waals surface area contributed by atoms with Gasteiger partial charge in [-0.1, -0.05) is 18.3 Å². The Morgan fingerprint density at radius 3 is 2.48 bits per heavy atom. The van der Waals surface area contributed by atoms with E-state index in [0.717, 1.165) is 18.4 Å². The van der Waals surface area contributed by atoms with E-state index in [4.69, 9.17) is 0 Å². The minimum Gasteiger partial charge on any atom is -0.317 e. The number of thiazole rings is 1. The summed E-state index contributed by atoms with van der Waals surface area (Å²) in [5.41, 5.74) is 1.12. The average Bonchev–Trinajstić information content (AvgIpc) is 3.09. The molecule has 0 atom stereocenters. The number of halogens is 1. The van der Waals surface area contributed by atoms with E-state index in [1.807, 2.05) is 11.5 Å². The molecular formula is C22H24FN3O3S2. The molecule has 2 heterocycles. The summed E-state index contributed by atoms with van der Waals surface area (Å²) in [5, 5.41) is 0. The summed E-state index contributed by atoms with van der Waals surface area (Å²) in [6, 6.07) is 10.4. The number of carbonyl (C=O) groups excluding carboxylic acids is 1. The molecule has 1 aliphatic rings. The number of carbonyl (C=O) groups is 1. The summed E-state index contributed by atoms with van der Waals surface area (Å²) in [6.45, 7) is 5.68. The number of benzene rings is 2. The van der Waals surface area contributed by atoms with Crippen LogP contribution in [0.5, 0.6) is 0 Å². The zero-order chi connectivity index (χ0) is 22.2. The lowest BCUT2D eigenvalue weighted by Gasteiger charge is -2.29. The minimum absolute atomic E-state index is 0.180. The maximum absolute atomic E-state index is 13.5. The summed E-state index contributed by atoms with van der Waals surface area (Å²) in [4.78, 5) is 17.6. The van der Waals surface area contributed by atoms with E-state index in [0.29, 0.717) is 40.6 Å². The number of rotatable bonds is 4. The van der Waals surface area contributed by atoms with Gasteiger partial charge < -0.3 is 4.57 Å². The van der Waals surface area contributed by atoms with Crippen molar-refractivity contribution in [3.63, 3.8) is 0 Å². The van der Waals surface area contributed by atoms with E-state index in [2.05, 4.69) is 11.9 Å². The Hall–Kier alpha value is -2.36. The molecule has 1 aromatic heterocycles. The number of aromatic nitrogens is 1. The number of fused-ring (bicyclic) bond motifs is 1. The first-order chi connectivity index (χ1) is 14.8. The van der Waals surface area contributed by atoms with Crippen molar-refractivity contribution in [2.24, 2.45) is 10.9 Å². The van der Waals surface area contributed by atoms with Crippen molar-refractivity contribution in [1.82, 2.24) is 8.87 Å². The first-order valence-corrected chi connectivity index (χ1v) is 12.5. The van der Waals surface area contributed by atoms with Gasteiger partial charge >= 0.3 is 0 Å². The van der Waals surface area contributed by atoms with Gasteiger partial charge in [-0.25, -0.2) is 12.8 Å². The second kappa shape index (κ2) is 8.64. The fourth-order valence-electron chi connectivity index (χ4n) is 3.73. The smallest absolute Gasteiger partial charge is 0.279 e. The molecule has 9 heteroatoms. The van der Waals surface area contributed by atoms with Crippen LogP contribution in [0.15, 0.2) is 52.4 Å². The number of nitrogens with zero attached hydrogens (tertiary/aromatic N) is 3. The highest BCUT2D eigenvalue weighted by Crippen LogP contribution is 2.24. The predicted molar refractivity (Wildman–Crippen MR) is 119 cm³/mol.